The molecule has 1 aromatic rings. The molecule has 0 spiro atoms. The van der Waals surface area contributed by atoms with Gasteiger partial charge < -0.3 is 10.1 Å². The van der Waals surface area contributed by atoms with E-state index in [1.54, 1.807) is 0 Å². The molecule has 4 heteroatoms. The first-order valence-corrected chi connectivity index (χ1v) is 11.6. The Balaban J connectivity index is 1.80. The second-order valence-corrected chi connectivity index (χ2v) is 9.01. The molecule has 1 amide bonds. The second kappa shape index (κ2) is 12.4. The number of amides is 1. The van der Waals surface area contributed by atoms with Gasteiger partial charge in [0.2, 0.25) is 0 Å². The van der Waals surface area contributed by atoms with Crippen LogP contribution in [0.1, 0.15) is 96.0 Å². The summed E-state index contributed by atoms with van der Waals surface area (Å²) in [6.45, 7) is 4.41. The highest BCUT2D eigenvalue weighted by molar-refractivity contribution is 9.10. The fourth-order valence-electron chi connectivity index (χ4n) is 3.71. The monoisotopic (exact) mass is 437 g/mol. The number of benzene rings is 1. The van der Waals surface area contributed by atoms with E-state index in [1.807, 2.05) is 6.07 Å². The summed E-state index contributed by atoms with van der Waals surface area (Å²) in [6, 6.07) is 6.38. The maximum absolute atomic E-state index is 12.4. The van der Waals surface area contributed by atoms with Gasteiger partial charge in [-0.2, -0.15) is 0 Å². The smallest absolute Gasteiger partial charge is 0.258 e. The highest BCUT2D eigenvalue weighted by atomic mass is 79.9. The summed E-state index contributed by atoms with van der Waals surface area (Å²) in [6.07, 6.45) is 14.0. The van der Waals surface area contributed by atoms with E-state index in [0.717, 1.165) is 23.1 Å². The Bertz CT molecular complexity index is 561. The maximum atomic E-state index is 12.4. The third-order valence-corrected chi connectivity index (χ3v) is 6.07. The summed E-state index contributed by atoms with van der Waals surface area (Å²) in [4.78, 5) is 12.4. The van der Waals surface area contributed by atoms with Crippen molar-refractivity contribution in [2.75, 3.05) is 6.61 Å². The quantitative estimate of drug-likeness (QED) is 0.553. The van der Waals surface area contributed by atoms with Crippen LogP contribution in [0, 0.1) is 0 Å². The zero-order valence-corrected chi connectivity index (χ0v) is 18.7. The normalized spacial score (nSPS) is 17.8. The first-order chi connectivity index (χ1) is 13.1. The van der Waals surface area contributed by atoms with Gasteiger partial charge in [0, 0.05) is 6.04 Å². The zero-order chi connectivity index (χ0) is 19.5. The largest absolute Gasteiger partial charge is 0.483 e. The van der Waals surface area contributed by atoms with Gasteiger partial charge in [-0.05, 0) is 52.4 Å². The van der Waals surface area contributed by atoms with Crippen LogP contribution in [-0.2, 0) is 4.79 Å². The second-order valence-electron chi connectivity index (χ2n) is 8.16. The molecule has 0 unspecified atom stereocenters. The van der Waals surface area contributed by atoms with Crippen LogP contribution < -0.4 is 10.1 Å². The van der Waals surface area contributed by atoms with Gasteiger partial charge >= 0.3 is 0 Å². The van der Waals surface area contributed by atoms with Crippen LogP contribution in [0.15, 0.2) is 22.7 Å². The van der Waals surface area contributed by atoms with E-state index in [0.29, 0.717) is 12.0 Å². The molecule has 0 bridgehead atoms. The molecule has 1 aliphatic carbocycles. The number of carbonyl (C=O) groups excluding carboxylic acids is 1. The summed E-state index contributed by atoms with van der Waals surface area (Å²) in [7, 11) is 0. The number of hydrogen-bond donors (Lipinski definition) is 1. The van der Waals surface area contributed by atoms with Crippen molar-refractivity contribution in [3.8, 4) is 5.75 Å². The van der Waals surface area contributed by atoms with Gasteiger partial charge in [-0.1, -0.05) is 77.7 Å². The lowest BCUT2D eigenvalue weighted by molar-refractivity contribution is -0.123. The highest BCUT2D eigenvalue weighted by Gasteiger charge is 2.14. The van der Waals surface area contributed by atoms with Crippen LogP contribution in [0.2, 0.25) is 0 Å². The van der Waals surface area contributed by atoms with Gasteiger partial charge in [0.05, 0.1) is 4.47 Å². The van der Waals surface area contributed by atoms with Gasteiger partial charge in [-0.3, -0.25) is 4.79 Å². The molecule has 27 heavy (non-hydrogen) atoms. The first kappa shape index (κ1) is 22.3. The van der Waals surface area contributed by atoms with Crippen LogP contribution in [0.4, 0.5) is 0 Å². The van der Waals surface area contributed by atoms with Crippen LogP contribution >= 0.6 is 15.9 Å². The van der Waals surface area contributed by atoms with Crippen LogP contribution in [0.25, 0.3) is 0 Å². The van der Waals surface area contributed by atoms with Gasteiger partial charge in [0.15, 0.2) is 6.61 Å². The molecule has 1 fully saturated rings. The fourth-order valence-corrected chi connectivity index (χ4v) is 4.22. The molecule has 1 aliphatic rings. The topological polar surface area (TPSA) is 38.3 Å². The number of ether oxygens (including phenoxy) is 1. The molecule has 1 aromatic carbocycles. The molecular weight excluding hydrogens is 402 g/mol. The molecule has 0 atom stereocenters. The van der Waals surface area contributed by atoms with Crippen LogP contribution in [0.5, 0.6) is 5.75 Å². The third-order valence-electron chi connectivity index (χ3n) is 5.45. The molecule has 2 rings (SSSR count). The van der Waals surface area contributed by atoms with E-state index in [2.05, 4.69) is 47.2 Å². The third kappa shape index (κ3) is 8.68. The molecule has 0 aliphatic heterocycles. The van der Waals surface area contributed by atoms with Gasteiger partial charge in [-0.25, -0.2) is 0 Å². The van der Waals surface area contributed by atoms with E-state index in [4.69, 9.17) is 4.74 Å². The molecular formula is C23H36BrNO2. The summed E-state index contributed by atoms with van der Waals surface area (Å²) in [5.41, 5.74) is 1.26. The minimum atomic E-state index is -0.00747. The van der Waals surface area contributed by atoms with Crippen molar-refractivity contribution in [1.29, 1.82) is 0 Å². The summed E-state index contributed by atoms with van der Waals surface area (Å²) in [5.74, 6) is 1.19. The maximum Gasteiger partial charge on any atom is 0.258 e. The lowest BCUT2D eigenvalue weighted by atomic mass is 9.98. The van der Waals surface area contributed by atoms with Gasteiger partial charge in [-0.15, -0.1) is 0 Å². The Kier molecular flexibility index (Phi) is 10.3. The van der Waals surface area contributed by atoms with Crippen LogP contribution in [0.3, 0.4) is 0 Å². The number of nitrogens with one attached hydrogen (secondary N) is 1. The van der Waals surface area contributed by atoms with Crippen molar-refractivity contribution >= 4 is 21.8 Å². The van der Waals surface area contributed by atoms with Crippen molar-refractivity contribution in [1.82, 2.24) is 5.32 Å². The molecule has 3 nitrogen and oxygen atoms in total. The SMILES string of the molecule is CC(C)c1ccc(OCC(=O)NC2CCCCCCCCCCC2)c(Br)c1. The average molecular weight is 438 g/mol. The Labute approximate surface area is 173 Å². The number of carbonyl (C=O) groups is 1. The zero-order valence-electron chi connectivity index (χ0n) is 17.1. The number of rotatable bonds is 5. The Morgan fingerprint density at radius 1 is 1.04 bits per heavy atom. The Morgan fingerprint density at radius 3 is 2.11 bits per heavy atom. The van der Waals surface area contributed by atoms with Gasteiger partial charge in [0.25, 0.3) is 5.91 Å². The minimum Gasteiger partial charge on any atom is -0.483 e. The summed E-state index contributed by atoms with van der Waals surface area (Å²) < 4.78 is 6.66. The number of halogens is 1. The van der Waals surface area contributed by atoms with E-state index in [-0.39, 0.29) is 12.5 Å². The molecule has 1 N–H and O–H groups in total. The standard InChI is InChI=1S/C23H36BrNO2/c1-18(2)19-14-15-22(21(24)16-19)27-17-23(26)25-20-12-10-8-6-4-3-5-7-9-11-13-20/h14-16,18,20H,3-13,17H2,1-2H3,(H,25,26). The van der Waals surface area contributed by atoms with E-state index in [9.17, 15) is 4.79 Å². The van der Waals surface area contributed by atoms with E-state index < -0.39 is 0 Å². The molecule has 0 aromatic heterocycles. The summed E-state index contributed by atoms with van der Waals surface area (Å²) >= 11 is 3.56. The van der Waals surface area contributed by atoms with E-state index in [1.165, 1.54) is 63.4 Å². The lowest BCUT2D eigenvalue weighted by Gasteiger charge is -2.20. The van der Waals surface area contributed by atoms with Crippen molar-refractivity contribution in [3.05, 3.63) is 28.2 Å². The average Bonchev–Trinajstić information content (AvgIpc) is 2.62. The van der Waals surface area contributed by atoms with Crippen molar-refractivity contribution in [3.63, 3.8) is 0 Å². The summed E-state index contributed by atoms with van der Waals surface area (Å²) in [5, 5.41) is 3.21. The highest BCUT2D eigenvalue weighted by Crippen LogP contribution is 2.28. The van der Waals surface area contributed by atoms with Crippen molar-refractivity contribution in [2.45, 2.75) is 96.4 Å². The Morgan fingerprint density at radius 2 is 1.59 bits per heavy atom. The Hall–Kier alpha value is -1.03. The van der Waals surface area contributed by atoms with Crippen molar-refractivity contribution in [2.24, 2.45) is 0 Å². The molecule has 0 saturated heterocycles. The van der Waals surface area contributed by atoms with E-state index >= 15 is 0 Å². The fraction of sp³-hybridized carbons (Fsp3) is 0.696. The lowest BCUT2D eigenvalue weighted by Crippen LogP contribution is -2.38. The first-order valence-electron chi connectivity index (χ1n) is 10.8. The van der Waals surface area contributed by atoms with Crippen LogP contribution in [-0.4, -0.2) is 18.6 Å². The predicted molar refractivity (Wildman–Crippen MR) is 116 cm³/mol. The molecule has 0 radical (unpaired) electrons. The molecule has 152 valence electrons. The number of hydrogen-bond acceptors (Lipinski definition) is 2. The minimum absolute atomic E-state index is 0.00747. The molecule has 0 heterocycles. The van der Waals surface area contributed by atoms with Crippen molar-refractivity contribution < 1.29 is 9.53 Å². The predicted octanol–water partition coefficient (Wildman–Crippen LogP) is 6.74. The van der Waals surface area contributed by atoms with Gasteiger partial charge in [0.1, 0.15) is 5.75 Å². The molecule has 1 saturated carbocycles.